The van der Waals surface area contributed by atoms with Crippen LogP contribution in [-0.4, -0.2) is 37.3 Å². The van der Waals surface area contributed by atoms with Crippen LogP contribution in [0.25, 0.3) is 0 Å². The minimum Gasteiger partial charge on any atom is -0.399 e. The minimum absolute atomic E-state index is 0.332. The molecule has 1 heterocycles. The summed E-state index contributed by atoms with van der Waals surface area (Å²) in [6.07, 6.45) is 0. The molecule has 0 unspecified atom stereocenters. The van der Waals surface area contributed by atoms with Crippen molar-refractivity contribution in [1.82, 2.24) is 4.90 Å². The van der Waals surface area contributed by atoms with Crippen LogP contribution in [0.3, 0.4) is 0 Å². The molecular formula is C15H23BClNO2. The van der Waals surface area contributed by atoms with Gasteiger partial charge >= 0.3 is 7.12 Å². The van der Waals surface area contributed by atoms with Crippen molar-refractivity contribution in [3.63, 3.8) is 0 Å². The maximum Gasteiger partial charge on any atom is 0.494 e. The van der Waals surface area contributed by atoms with Gasteiger partial charge in [0.05, 0.1) is 11.2 Å². The topological polar surface area (TPSA) is 21.7 Å². The Labute approximate surface area is 127 Å². The summed E-state index contributed by atoms with van der Waals surface area (Å²) in [6, 6.07) is 6.01. The molecule has 1 aromatic rings. The van der Waals surface area contributed by atoms with Crippen molar-refractivity contribution >= 4 is 24.2 Å². The summed E-state index contributed by atoms with van der Waals surface area (Å²) in [6.45, 7) is 9.06. The van der Waals surface area contributed by atoms with Gasteiger partial charge in [0.1, 0.15) is 0 Å². The molecule has 5 heteroatoms. The van der Waals surface area contributed by atoms with Gasteiger partial charge < -0.3 is 14.2 Å². The normalized spacial score (nSPS) is 20.7. The second-order valence-corrected chi connectivity index (χ2v) is 7.16. The van der Waals surface area contributed by atoms with Gasteiger partial charge in [-0.2, -0.15) is 0 Å². The fraction of sp³-hybridized carbons (Fsp3) is 0.600. The SMILES string of the molecule is CN(C)Cc1cc(Cl)cc(B2OC(C)(C)C(C)(C)O2)c1. The van der Waals surface area contributed by atoms with Crippen LogP contribution < -0.4 is 5.46 Å². The first kappa shape index (κ1) is 15.8. The quantitative estimate of drug-likeness (QED) is 0.800. The maximum atomic E-state index is 6.22. The highest BCUT2D eigenvalue weighted by Gasteiger charge is 2.51. The third kappa shape index (κ3) is 3.20. The average Bonchev–Trinajstić information content (AvgIpc) is 2.46. The highest BCUT2D eigenvalue weighted by molar-refractivity contribution is 6.62. The van der Waals surface area contributed by atoms with Crippen LogP contribution >= 0.6 is 11.6 Å². The molecule has 0 aliphatic carbocycles. The van der Waals surface area contributed by atoms with E-state index in [1.54, 1.807) is 0 Å². The van der Waals surface area contributed by atoms with E-state index >= 15 is 0 Å². The molecule has 0 amide bonds. The monoisotopic (exact) mass is 295 g/mol. The second-order valence-electron chi connectivity index (χ2n) is 6.72. The lowest BCUT2D eigenvalue weighted by Crippen LogP contribution is -2.41. The third-order valence-corrected chi connectivity index (χ3v) is 4.22. The molecule has 0 atom stereocenters. The Bertz CT molecular complexity index is 487. The Morgan fingerprint density at radius 2 is 1.60 bits per heavy atom. The van der Waals surface area contributed by atoms with E-state index in [1.807, 2.05) is 26.2 Å². The zero-order valence-electron chi connectivity index (χ0n) is 13.2. The molecule has 1 fully saturated rings. The molecule has 1 aromatic carbocycles. The number of halogens is 1. The van der Waals surface area contributed by atoms with Crippen molar-refractivity contribution in [2.24, 2.45) is 0 Å². The Hall–Kier alpha value is -0.545. The van der Waals surface area contributed by atoms with Crippen molar-refractivity contribution in [2.75, 3.05) is 14.1 Å². The second kappa shape index (κ2) is 5.34. The summed E-state index contributed by atoms with van der Waals surface area (Å²) < 4.78 is 12.1. The number of rotatable bonds is 3. The minimum atomic E-state index is -0.361. The van der Waals surface area contributed by atoms with Gasteiger partial charge in [-0.25, -0.2) is 0 Å². The fourth-order valence-corrected chi connectivity index (χ4v) is 2.51. The van der Waals surface area contributed by atoms with E-state index < -0.39 is 0 Å². The first-order chi connectivity index (χ1) is 9.10. The molecule has 0 N–H and O–H groups in total. The van der Waals surface area contributed by atoms with E-state index in [0.717, 1.165) is 17.6 Å². The summed E-state index contributed by atoms with van der Waals surface area (Å²) in [7, 11) is 3.71. The Balaban J connectivity index is 2.28. The van der Waals surface area contributed by atoms with Crippen LogP contribution in [0.15, 0.2) is 18.2 Å². The number of hydrogen-bond acceptors (Lipinski definition) is 3. The largest absolute Gasteiger partial charge is 0.494 e. The molecule has 20 heavy (non-hydrogen) atoms. The smallest absolute Gasteiger partial charge is 0.399 e. The highest BCUT2D eigenvalue weighted by Crippen LogP contribution is 2.36. The Morgan fingerprint density at radius 3 is 2.10 bits per heavy atom. The zero-order valence-corrected chi connectivity index (χ0v) is 13.9. The summed E-state index contributed by atoms with van der Waals surface area (Å²) >= 11 is 6.22. The van der Waals surface area contributed by atoms with E-state index in [9.17, 15) is 0 Å². The third-order valence-electron chi connectivity index (χ3n) is 4.00. The van der Waals surface area contributed by atoms with Crippen molar-refractivity contribution < 1.29 is 9.31 Å². The molecule has 0 radical (unpaired) electrons. The predicted molar refractivity (Wildman–Crippen MR) is 84.6 cm³/mol. The van der Waals surface area contributed by atoms with Crippen molar-refractivity contribution in [3.8, 4) is 0 Å². The van der Waals surface area contributed by atoms with Gasteiger partial charge in [0.2, 0.25) is 0 Å². The molecule has 1 aliphatic heterocycles. The molecule has 3 nitrogen and oxygen atoms in total. The molecule has 1 aliphatic rings. The maximum absolute atomic E-state index is 6.22. The molecule has 1 saturated heterocycles. The number of benzene rings is 1. The van der Waals surface area contributed by atoms with Gasteiger partial charge in [0.15, 0.2) is 0 Å². The summed E-state index contributed by atoms with van der Waals surface area (Å²) in [5, 5.41) is 0.717. The lowest BCUT2D eigenvalue weighted by molar-refractivity contribution is 0.00578. The lowest BCUT2D eigenvalue weighted by atomic mass is 9.78. The molecular weight excluding hydrogens is 272 g/mol. The van der Waals surface area contributed by atoms with Crippen LogP contribution in [-0.2, 0) is 15.9 Å². The van der Waals surface area contributed by atoms with E-state index in [1.165, 1.54) is 0 Å². The summed E-state index contributed by atoms with van der Waals surface area (Å²) in [5.74, 6) is 0. The molecule has 0 bridgehead atoms. The van der Waals surface area contributed by atoms with Crippen LogP contribution in [0.1, 0.15) is 33.3 Å². The molecule has 0 saturated carbocycles. The van der Waals surface area contributed by atoms with Crippen molar-refractivity contribution in [2.45, 2.75) is 45.4 Å². The van der Waals surface area contributed by atoms with Gasteiger partial charge in [-0.1, -0.05) is 17.7 Å². The van der Waals surface area contributed by atoms with E-state index in [4.69, 9.17) is 20.9 Å². The summed E-state index contributed by atoms with van der Waals surface area (Å²) in [5.41, 5.74) is 1.48. The predicted octanol–water partition coefficient (Wildman–Crippen LogP) is 2.70. The van der Waals surface area contributed by atoms with Crippen LogP contribution in [0.4, 0.5) is 0 Å². The van der Waals surface area contributed by atoms with Crippen LogP contribution in [0, 0.1) is 0 Å². The molecule has 2 rings (SSSR count). The lowest BCUT2D eigenvalue weighted by Gasteiger charge is -2.32. The molecule has 0 aromatic heterocycles. The van der Waals surface area contributed by atoms with Gasteiger partial charge in [-0.15, -0.1) is 0 Å². The van der Waals surface area contributed by atoms with Gasteiger partial charge in [-0.3, -0.25) is 0 Å². The standard InChI is InChI=1S/C15H23BClNO2/c1-14(2)15(3,4)20-16(19-14)12-7-11(10-18(5)6)8-13(17)9-12/h7-9H,10H2,1-6H3. The number of hydrogen-bond donors (Lipinski definition) is 0. The Kier molecular flexibility index (Phi) is 4.23. The Morgan fingerprint density at radius 1 is 1.05 bits per heavy atom. The van der Waals surface area contributed by atoms with Crippen LogP contribution in [0.5, 0.6) is 0 Å². The first-order valence-electron chi connectivity index (χ1n) is 6.90. The van der Waals surface area contributed by atoms with Crippen LogP contribution in [0.2, 0.25) is 5.02 Å². The van der Waals surface area contributed by atoms with E-state index in [2.05, 4.69) is 38.7 Å². The zero-order chi connectivity index (χ0) is 15.1. The average molecular weight is 296 g/mol. The van der Waals surface area contributed by atoms with Gasteiger partial charge in [0, 0.05) is 11.6 Å². The van der Waals surface area contributed by atoms with Crippen molar-refractivity contribution in [3.05, 3.63) is 28.8 Å². The first-order valence-corrected chi connectivity index (χ1v) is 7.28. The number of nitrogens with zero attached hydrogens (tertiary/aromatic N) is 1. The highest BCUT2D eigenvalue weighted by atomic mass is 35.5. The van der Waals surface area contributed by atoms with E-state index in [-0.39, 0.29) is 18.3 Å². The van der Waals surface area contributed by atoms with Gasteiger partial charge in [0.25, 0.3) is 0 Å². The van der Waals surface area contributed by atoms with Gasteiger partial charge in [-0.05, 0) is 64.9 Å². The van der Waals surface area contributed by atoms with E-state index in [0.29, 0.717) is 5.02 Å². The molecule has 0 spiro atoms. The van der Waals surface area contributed by atoms with Crippen molar-refractivity contribution in [1.29, 1.82) is 0 Å². The molecule has 110 valence electrons. The fourth-order valence-electron chi connectivity index (χ4n) is 2.25. The summed E-state index contributed by atoms with van der Waals surface area (Å²) in [4.78, 5) is 2.11.